The van der Waals surface area contributed by atoms with E-state index in [2.05, 4.69) is 18.5 Å². The van der Waals surface area contributed by atoms with Crippen LogP contribution in [0, 0.1) is 0 Å². The fraction of sp³-hybridized carbons (Fsp3) is 0.393. The first-order valence-corrected chi connectivity index (χ1v) is 15.5. The van der Waals surface area contributed by atoms with E-state index in [1.165, 1.54) is 52.1 Å². The quantitative estimate of drug-likeness (QED) is 0.419. The van der Waals surface area contributed by atoms with Crippen LogP contribution in [0.25, 0.3) is 0 Å². The molecule has 1 aromatic heterocycles. The van der Waals surface area contributed by atoms with Crippen LogP contribution < -0.4 is 5.32 Å². The van der Waals surface area contributed by atoms with Crippen LogP contribution in [0.4, 0.5) is 9.80 Å². The van der Waals surface area contributed by atoms with E-state index in [1.54, 1.807) is 16.7 Å². The molecule has 214 valence electrons. The minimum atomic E-state index is -3.80. The van der Waals surface area contributed by atoms with Gasteiger partial charge in [0.2, 0.25) is 10.0 Å². The van der Waals surface area contributed by atoms with Crippen LogP contribution in [-0.4, -0.2) is 79.8 Å². The first-order valence-electron chi connectivity index (χ1n) is 13.2. The van der Waals surface area contributed by atoms with Gasteiger partial charge in [0.25, 0.3) is 11.8 Å². The number of hydrogen-bond acceptors (Lipinski definition) is 7. The average Bonchev–Trinajstić information content (AvgIpc) is 3.61. The minimum absolute atomic E-state index is 0.0447. The van der Waals surface area contributed by atoms with Crippen molar-refractivity contribution < 1.29 is 27.5 Å². The van der Waals surface area contributed by atoms with Gasteiger partial charge in [0.15, 0.2) is 0 Å². The van der Waals surface area contributed by atoms with Crippen LogP contribution >= 0.6 is 11.3 Å². The van der Waals surface area contributed by atoms with E-state index in [1.807, 2.05) is 0 Å². The van der Waals surface area contributed by atoms with Gasteiger partial charge < -0.3 is 19.9 Å². The van der Waals surface area contributed by atoms with Gasteiger partial charge in [0.1, 0.15) is 5.00 Å². The normalized spacial score (nSPS) is 15.1. The second-order valence-electron chi connectivity index (χ2n) is 9.46. The molecule has 40 heavy (non-hydrogen) atoms. The van der Waals surface area contributed by atoms with Crippen molar-refractivity contribution in [2.24, 2.45) is 0 Å². The van der Waals surface area contributed by atoms with Crippen molar-refractivity contribution in [3.63, 3.8) is 0 Å². The van der Waals surface area contributed by atoms with Gasteiger partial charge >= 0.3 is 6.09 Å². The number of benzene rings is 1. The van der Waals surface area contributed by atoms with Crippen molar-refractivity contribution in [1.82, 2.24) is 14.1 Å². The molecule has 3 amide bonds. The highest BCUT2D eigenvalue weighted by molar-refractivity contribution is 7.89. The van der Waals surface area contributed by atoms with E-state index < -0.39 is 22.0 Å². The van der Waals surface area contributed by atoms with Crippen LogP contribution in [0.3, 0.4) is 0 Å². The van der Waals surface area contributed by atoms with Gasteiger partial charge in [-0.25, -0.2) is 13.2 Å². The molecule has 2 aromatic rings. The van der Waals surface area contributed by atoms with Gasteiger partial charge in [-0.3, -0.25) is 9.59 Å². The number of thiophene rings is 1. The Labute approximate surface area is 238 Å². The Bertz CT molecular complexity index is 1380. The van der Waals surface area contributed by atoms with Gasteiger partial charge in [-0.2, -0.15) is 4.31 Å². The summed E-state index contributed by atoms with van der Waals surface area (Å²) in [6.45, 7) is 11.5. The Balaban J connectivity index is 1.60. The fourth-order valence-corrected chi connectivity index (χ4v) is 7.46. The van der Waals surface area contributed by atoms with Crippen LogP contribution in [0.2, 0.25) is 0 Å². The van der Waals surface area contributed by atoms with Gasteiger partial charge in [-0.1, -0.05) is 12.2 Å². The maximum absolute atomic E-state index is 13.6. The molecule has 4 rings (SSSR count). The zero-order chi connectivity index (χ0) is 28.9. The van der Waals surface area contributed by atoms with E-state index in [0.717, 1.165) is 23.3 Å². The summed E-state index contributed by atoms with van der Waals surface area (Å²) in [5.41, 5.74) is 1.57. The third-order valence-electron chi connectivity index (χ3n) is 6.84. The summed E-state index contributed by atoms with van der Waals surface area (Å²) in [5.74, 6) is -0.588. The predicted octanol–water partition coefficient (Wildman–Crippen LogP) is 4.11. The molecule has 0 atom stereocenters. The Morgan fingerprint density at radius 3 is 2.30 bits per heavy atom. The number of fused-ring (bicyclic) bond motifs is 1. The maximum Gasteiger partial charge on any atom is 0.410 e. The van der Waals surface area contributed by atoms with Crippen molar-refractivity contribution in [3.05, 3.63) is 71.1 Å². The van der Waals surface area contributed by atoms with Crippen LogP contribution in [0.15, 0.2) is 54.5 Å². The van der Waals surface area contributed by atoms with Gasteiger partial charge in [0.05, 0.1) is 23.6 Å². The summed E-state index contributed by atoms with van der Waals surface area (Å²) in [6.07, 6.45) is 4.93. The monoisotopic (exact) mass is 586 g/mol. The van der Waals surface area contributed by atoms with Gasteiger partial charge in [-0.15, -0.1) is 24.5 Å². The number of anilines is 1. The Morgan fingerprint density at radius 1 is 1.05 bits per heavy atom. The highest BCUT2D eigenvalue weighted by atomic mass is 32.2. The lowest BCUT2D eigenvalue weighted by molar-refractivity contribution is 0.0792. The standard InChI is InChI=1S/C28H34N4O6S2/c1-4-14-32(15-5-2)40(36,37)21-11-9-20(10-12-21)25(33)29-26-24(27(34)30-16-7-8-17-30)22-13-18-31(19-23(22)39-26)28(35)38-6-3/h4-5,9-12H,1-2,6-8,13-19H2,3H3,(H,29,33). The predicted molar refractivity (Wildman–Crippen MR) is 154 cm³/mol. The summed E-state index contributed by atoms with van der Waals surface area (Å²) in [7, 11) is -3.80. The zero-order valence-corrected chi connectivity index (χ0v) is 24.2. The molecule has 1 aromatic carbocycles. The van der Waals surface area contributed by atoms with Crippen molar-refractivity contribution in [2.45, 2.75) is 37.6 Å². The highest BCUT2D eigenvalue weighted by Gasteiger charge is 2.33. The van der Waals surface area contributed by atoms with E-state index in [0.29, 0.717) is 43.2 Å². The number of likely N-dealkylation sites (tertiary alicyclic amines) is 1. The minimum Gasteiger partial charge on any atom is -0.450 e. The number of hydrogen-bond donors (Lipinski definition) is 1. The number of amides is 3. The second-order valence-corrected chi connectivity index (χ2v) is 12.5. The van der Waals surface area contributed by atoms with Crippen molar-refractivity contribution >= 4 is 44.3 Å². The molecule has 1 fully saturated rings. The lowest BCUT2D eigenvalue weighted by Crippen LogP contribution is -2.36. The number of rotatable bonds is 10. The molecular formula is C28H34N4O6S2. The van der Waals surface area contributed by atoms with Crippen LogP contribution in [0.1, 0.15) is 50.9 Å². The summed E-state index contributed by atoms with van der Waals surface area (Å²) < 4.78 is 32.4. The van der Waals surface area contributed by atoms with Crippen LogP contribution in [0.5, 0.6) is 0 Å². The lowest BCUT2D eigenvalue weighted by Gasteiger charge is -2.26. The molecular weight excluding hydrogens is 552 g/mol. The molecule has 3 heterocycles. The molecule has 0 spiro atoms. The Kier molecular flexibility index (Phi) is 9.44. The summed E-state index contributed by atoms with van der Waals surface area (Å²) in [5, 5.41) is 3.32. The molecule has 0 radical (unpaired) electrons. The number of nitrogens with zero attached hydrogens (tertiary/aromatic N) is 3. The van der Waals surface area contributed by atoms with E-state index in [9.17, 15) is 22.8 Å². The fourth-order valence-electron chi connectivity index (χ4n) is 4.83. The largest absolute Gasteiger partial charge is 0.450 e. The number of carbonyl (C=O) groups excluding carboxylic acids is 3. The maximum atomic E-state index is 13.6. The number of ether oxygens (including phenoxy) is 1. The molecule has 0 unspecified atom stereocenters. The van der Waals surface area contributed by atoms with Gasteiger partial charge in [-0.05, 0) is 56.0 Å². The molecule has 0 saturated carbocycles. The first-order chi connectivity index (χ1) is 19.2. The topological polar surface area (TPSA) is 116 Å². The SMILES string of the molecule is C=CCN(CC=C)S(=O)(=O)c1ccc(C(=O)Nc2sc3c(c2C(=O)N2CCCC2)CCN(C(=O)OCC)C3)cc1. The molecule has 1 N–H and O–H groups in total. The molecule has 10 nitrogen and oxygen atoms in total. The molecule has 0 aliphatic carbocycles. The highest BCUT2D eigenvalue weighted by Crippen LogP contribution is 2.39. The van der Waals surface area contributed by atoms with E-state index in [4.69, 9.17) is 4.74 Å². The molecule has 2 aliphatic rings. The summed E-state index contributed by atoms with van der Waals surface area (Å²) >= 11 is 1.28. The second kappa shape index (κ2) is 12.8. The average molecular weight is 587 g/mol. The lowest BCUT2D eigenvalue weighted by atomic mass is 10.0. The molecule has 1 saturated heterocycles. The third-order valence-corrected chi connectivity index (χ3v) is 9.81. The third kappa shape index (κ3) is 6.13. The smallest absolute Gasteiger partial charge is 0.410 e. The summed E-state index contributed by atoms with van der Waals surface area (Å²) in [6, 6.07) is 5.66. The summed E-state index contributed by atoms with van der Waals surface area (Å²) in [4.78, 5) is 43.4. The Morgan fingerprint density at radius 2 is 1.70 bits per heavy atom. The van der Waals surface area contributed by atoms with Crippen molar-refractivity contribution in [2.75, 3.05) is 44.6 Å². The number of carbonyl (C=O) groups is 3. The van der Waals surface area contributed by atoms with E-state index in [-0.39, 0.29) is 36.1 Å². The number of sulfonamides is 1. The van der Waals surface area contributed by atoms with Crippen molar-refractivity contribution in [3.8, 4) is 0 Å². The zero-order valence-electron chi connectivity index (χ0n) is 22.6. The van der Waals surface area contributed by atoms with Crippen molar-refractivity contribution in [1.29, 1.82) is 0 Å². The van der Waals surface area contributed by atoms with Gasteiger partial charge in [0, 0.05) is 43.2 Å². The number of nitrogens with one attached hydrogen (secondary N) is 1. The molecule has 12 heteroatoms. The first kappa shape index (κ1) is 29.5. The Hall–Kier alpha value is -3.48. The van der Waals surface area contributed by atoms with E-state index >= 15 is 0 Å². The molecule has 2 aliphatic heterocycles. The van der Waals surface area contributed by atoms with Crippen LogP contribution in [-0.2, 0) is 27.7 Å². The molecule has 0 bridgehead atoms.